The van der Waals surface area contributed by atoms with Crippen molar-refractivity contribution in [1.29, 1.82) is 0 Å². The van der Waals surface area contributed by atoms with Gasteiger partial charge < -0.3 is 15.0 Å². The second-order valence-electron chi connectivity index (χ2n) is 6.41. The molecule has 5 heteroatoms. The quantitative estimate of drug-likeness (QED) is 0.830. The monoisotopic (exact) mass is 338 g/mol. The molecule has 1 fully saturated rings. The summed E-state index contributed by atoms with van der Waals surface area (Å²) in [5.74, 6) is 2.01. The van der Waals surface area contributed by atoms with E-state index in [2.05, 4.69) is 12.2 Å². The van der Waals surface area contributed by atoms with Crippen molar-refractivity contribution in [2.75, 3.05) is 33.3 Å². The van der Waals surface area contributed by atoms with Crippen LogP contribution >= 0.6 is 11.6 Å². The number of carbonyl (C=O) groups excluding carboxylic acids is 1. The van der Waals surface area contributed by atoms with Crippen LogP contribution in [0.15, 0.2) is 24.3 Å². The zero-order valence-corrected chi connectivity index (χ0v) is 14.8. The Hall–Kier alpha value is -1.26. The molecule has 1 heterocycles. The molecule has 4 nitrogen and oxygen atoms in total. The molecular weight excluding hydrogens is 312 g/mol. The highest BCUT2D eigenvalue weighted by Crippen LogP contribution is 2.23. The number of nitrogens with zero attached hydrogens (tertiary/aromatic N) is 1. The molecule has 1 amide bonds. The van der Waals surface area contributed by atoms with E-state index >= 15 is 0 Å². The third-order valence-corrected chi connectivity index (χ3v) is 4.82. The first-order valence-corrected chi connectivity index (χ1v) is 8.77. The number of likely N-dealkylation sites (N-methyl/N-ethyl adjacent to an activating group) is 1. The average Bonchev–Trinajstić information content (AvgIpc) is 2.57. The van der Waals surface area contributed by atoms with Gasteiger partial charge in [-0.15, -0.1) is 0 Å². The number of piperidine rings is 1. The van der Waals surface area contributed by atoms with Crippen LogP contribution in [-0.4, -0.2) is 44.1 Å². The molecule has 1 N–H and O–H groups in total. The number of halogens is 1. The molecule has 0 spiro atoms. The summed E-state index contributed by atoms with van der Waals surface area (Å²) in [6, 6.07) is 7.27. The fraction of sp³-hybridized carbons (Fsp3) is 0.611. The van der Waals surface area contributed by atoms with E-state index in [1.54, 1.807) is 17.0 Å². The summed E-state index contributed by atoms with van der Waals surface area (Å²) in [6.07, 6.45) is 3.06. The number of hydrogen-bond acceptors (Lipinski definition) is 3. The standard InChI is InChI=1S/C18H27ClN2O2/c1-14(15-4-3-9-20-13-15)12-18(22)21(2)10-11-23-17-7-5-16(19)6-8-17/h5-8,14-15,20H,3-4,9-13H2,1-2H3. The van der Waals surface area contributed by atoms with Crippen LogP contribution in [-0.2, 0) is 4.79 Å². The first kappa shape index (κ1) is 18.1. The highest BCUT2D eigenvalue weighted by atomic mass is 35.5. The lowest BCUT2D eigenvalue weighted by molar-refractivity contribution is -0.131. The molecule has 1 aliphatic rings. The van der Waals surface area contributed by atoms with Crippen molar-refractivity contribution < 1.29 is 9.53 Å². The Labute approximate surface area is 144 Å². The van der Waals surface area contributed by atoms with Crippen molar-refractivity contribution in [2.24, 2.45) is 11.8 Å². The molecule has 1 aromatic rings. The maximum Gasteiger partial charge on any atom is 0.222 e. The summed E-state index contributed by atoms with van der Waals surface area (Å²) in [6.45, 7) is 5.42. The van der Waals surface area contributed by atoms with Crippen LogP contribution in [0.5, 0.6) is 5.75 Å². The smallest absolute Gasteiger partial charge is 0.222 e. The van der Waals surface area contributed by atoms with E-state index in [9.17, 15) is 4.79 Å². The van der Waals surface area contributed by atoms with Gasteiger partial charge in [0.25, 0.3) is 0 Å². The topological polar surface area (TPSA) is 41.6 Å². The summed E-state index contributed by atoms with van der Waals surface area (Å²) in [5, 5.41) is 4.11. The Balaban J connectivity index is 1.68. The van der Waals surface area contributed by atoms with E-state index in [1.165, 1.54) is 12.8 Å². The second-order valence-corrected chi connectivity index (χ2v) is 6.84. The predicted molar refractivity (Wildman–Crippen MR) is 94.0 cm³/mol. The van der Waals surface area contributed by atoms with Gasteiger partial charge in [-0.3, -0.25) is 4.79 Å². The Bertz CT molecular complexity index is 486. The van der Waals surface area contributed by atoms with Crippen LogP contribution in [0.1, 0.15) is 26.2 Å². The average molecular weight is 339 g/mol. The predicted octanol–water partition coefficient (Wildman–Crippen LogP) is 3.20. The van der Waals surface area contributed by atoms with Crippen molar-refractivity contribution in [2.45, 2.75) is 26.2 Å². The largest absolute Gasteiger partial charge is 0.492 e. The van der Waals surface area contributed by atoms with Gasteiger partial charge in [-0.25, -0.2) is 0 Å². The van der Waals surface area contributed by atoms with Gasteiger partial charge in [-0.1, -0.05) is 18.5 Å². The molecule has 0 aromatic heterocycles. The number of nitrogens with one attached hydrogen (secondary N) is 1. The Kier molecular flexibility index (Phi) is 7.18. The fourth-order valence-electron chi connectivity index (χ4n) is 2.92. The van der Waals surface area contributed by atoms with E-state index in [0.29, 0.717) is 36.4 Å². The van der Waals surface area contributed by atoms with E-state index < -0.39 is 0 Å². The SMILES string of the molecule is CC(CC(=O)N(C)CCOc1ccc(Cl)cc1)C1CCCNC1. The molecule has 0 saturated carbocycles. The number of rotatable bonds is 7. The van der Waals surface area contributed by atoms with Crippen molar-refractivity contribution >= 4 is 17.5 Å². The molecule has 1 aliphatic heterocycles. The zero-order valence-electron chi connectivity index (χ0n) is 14.1. The zero-order chi connectivity index (χ0) is 16.7. The normalized spacial score (nSPS) is 19.2. The maximum atomic E-state index is 12.3. The van der Waals surface area contributed by atoms with Crippen molar-refractivity contribution in [3.8, 4) is 5.75 Å². The minimum Gasteiger partial charge on any atom is -0.492 e. The molecular formula is C18H27ClN2O2. The number of ether oxygens (including phenoxy) is 1. The van der Waals surface area contributed by atoms with Gasteiger partial charge in [0.05, 0.1) is 6.54 Å². The van der Waals surface area contributed by atoms with Crippen LogP contribution in [0.2, 0.25) is 5.02 Å². The van der Waals surface area contributed by atoms with Crippen molar-refractivity contribution in [1.82, 2.24) is 10.2 Å². The molecule has 0 bridgehead atoms. The number of amides is 1. The van der Waals surface area contributed by atoms with Crippen LogP contribution in [0.3, 0.4) is 0 Å². The lowest BCUT2D eigenvalue weighted by atomic mass is 9.85. The van der Waals surface area contributed by atoms with Crippen molar-refractivity contribution in [3.63, 3.8) is 0 Å². The summed E-state index contributed by atoms with van der Waals surface area (Å²) < 4.78 is 5.64. The Morgan fingerprint density at radius 3 is 2.83 bits per heavy atom. The molecule has 2 unspecified atom stereocenters. The van der Waals surface area contributed by atoms with Gasteiger partial charge in [-0.2, -0.15) is 0 Å². The molecule has 0 radical (unpaired) electrons. The van der Waals surface area contributed by atoms with Crippen LogP contribution < -0.4 is 10.1 Å². The minimum atomic E-state index is 0.197. The lowest BCUT2D eigenvalue weighted by Gasteiger charge is -2.29. The van der Waals surface area contributed by atoms with Gasteiger partial charge in [-0.05, 0) is 62.0 Å². The Morgan fingerprint density at radius 1 is 1.43 bits per heavy atom. The molecule has 23 heavy (non-hydrogen) atoms. The van der Waals surface area contributed by atoms with Gasteiger partial charge in [0.15, 0.2) is 0 Å². The molecule has 2 atom stereocenters. The fourth-order valence-corrected chi connectivity index (χ4v) is 3.04. The van der Waals surface area contributed by atoms with Crippen LogP contribution in [0.25, 0.3) is 0 Å². The van der Waals surface area contributed by atoms with E-state index in [1.807, 2.05) is 19.2 Å². The lowest BCUT2D eigenvalue weighted by Crippen LogP contribution is -2.37. The van der Waals surface area contributed by atoms with E-state index in [0.717, 1.165) is 18.8 Å². The number of carbonyl (C=O) groups is 1. The first-order valence-electron chi connectivity index (χ1n) is 8.39. The molecule has 128 valence electrons. The van der Waals surface area contributed by atoms with E-state index in [4.69, 9.17) is 16.3 Å². The molecule has 2 rings (SSSR count). The van der Waals surface area contributed by atoms with Gasteiger partial charge in [0.1, 0.15) is 12.4 Å². The number of benzene rings is 1. The van der Waals surface area contributed by atoms with Crippen LogP contribution in [0.4, 0.5) is 0 Å². The summed E-state index contributed by atoms with van der Waals surface area (Å²) in [5.41, 5.74) is 0. The Morgan fingerprint density at radius 2 is 2.17 bits per heavy atom. The summed E-state index contributed by atoms with van der Waals surface area (Å²) in [4.78, 5) is 14.1. The first-order chi connectivity index (χ1) is 11.1. The minimum absolute atomic E-state index is 0.197. The maximum absolute atomic E-state index is 12.3. The van der Waals surface area contributed by atoms with Gasteiger partial charge >= 0.3 is 0 Å². The van der Waals surface area contributed by atoms with E-state index in [-0.39, 0.29) is 5.91 Å². The summed E-state index contributed by atoms with van der Waals surface area (Å²) >= 11 is 5.84. The van der Waals surface area contributed by atoms with Crippen LogP contribution in [0, 0.1) is 11.8 Å². The van der Waals surface area contributed by atoms with Gasteiger partial charge in [0, 0.05) is 18.5 Å². The third kappa shape index (κ3) is 6.04. The van der Waals surface area contributed by atoms with Crippen molar-refractivity contribution in [3.05, 3.63) is 29.3 Å². The number of hydrogen-bond donors (Lipinski definition) is 1. The molecule has 1 aromatic carbocycles. The summed E-state index contributed by atoms with van der Waals surface area (Å²) in [7, 11) is 1.85. The second kappa shape index (κ2) is 9.14. The van der Waals surface area contributed by atoms with Gasteiger partial charge in [0.2, 0.25) is 5.91 Å². The third-order valence-electron chi connectivity index (χ3n) is 4.57. The molecule has 1 saturated heterocycles. The highest BCUT2D eigenvalue weighted by molar-refractivity contribution is 6.30. The highest BCUT2D eigenvalue weighted by Gasteiger charge is 2.23. The molecule has 0 aliphatic carbocycles.